The molecule has 2 nitrogen and oxygen atoms in total. The molecule has 0 aliphatic carbocycles. The number of nitrogens with one attached hydrogen (secondary N) is 1. The minimum absolute atomic E-state index is 0.261. The van der Waals surface area contributed by atoms with E-state index >= 15 is 0 Å². The molecule has 0 amide bonds. The van der Waals surface area contributed by atoms with Gasteiger partial charge in [-0.3, -0.25) is 5.41 Å². The molecule has 0 unspecified atom stereocenters. The van der Waals surface area contributed by atoms with Crippen molar-refractivity contribution >= 4 is 12.1 Å². The molecule has 2 aromatic rings. The van der Waals surface area contributed by atoms with Crippen LogP contribution in [-0.2, 0) is 0 Å². The van der Waals surface area contributed by atoms with Gasteiger partial charge in [-0.2, -0.15) is 0 Å². The van der Waals surface area contributed by atoms with Gasteiger partial charge in [-0.15, -0.1) is 0 Å². The van der Waals surface area contributed by atoms with Crippen molar-refractivity contribution in [3.8, 4) is 11.1 Å². The lowest BCUT2D eigenvalue weighted by molar-refractivity contribution is 1.19. The van der Waals surface area contributed by atoms with Crippen molar-refractivity contribution < 1.29 is 0 Å². The van der Waals surface area contributed by atoms with E-state index in [0.29, 0.717) is 0 Å². The lowest BCUT2D eigenvalue weighted by atomic mass is 10.0. The Kier molecular flexibility index (Phi) is 4.61. The average Bonchev–Trinajstić information content (AvgIpc) is 2.53. The molecule has 2 heteroatoms. The molecule has 2 rings (SSSR count). The second kappa shape index (κ2) is 6.62. The average molecular weight is 262 g/mol. The molecule has 0 aliphatic heterocycles. The highest BCUT2D eigenvalue weighted by atomic mass is 14.8. The molecule has 20 heavy (non-hydrogen) atoms. The normalized spacial score (nSPS) is 10.7. The third-order valence-electron chi connectivity index (χ3n) is 3.07. The van der Waals surface area contributed by atoms with E-state index in [1.807, 2.05) is 49.4 Å². The van der Waals surface area contributed by atoms with Crippen LogP contribution < -0.4 is 0 Å². The van der Waals surface area contributed by atoms with E-state index in [1.54, 1.807) is 6.21 Å². The van der Waals surface area contributed by atoms with Gasteiger partial charge >= 0.3 is 0 Å². The highest BCUT2D eigenvalue weighted by molar-refractivity contribution is 6.03. The summed E-state index contributed by atoms with van der Waals surface area (Å²) < 4.78 is 0. The van der Waals surface area contributed by atoms with E-state index in [9.17, 15) is 0 Å². The van der Waals surface area contributed by atoms with Gasteiger partial charge in [0.15, 0.2) is 5.84 Å². The molecule has 0 aliphatic rings. The second-order valence-electron chi connectivity index (χ2n) is 4.57. The maximum atomic E-state index is 8.02. The first-order valence-electron chi connectivity index (χ1n) is 6.67. The van der Waals surface area contributed by atoms with Crippen molar-refractivity contribution in [2.24, 2.45) is 4.99 Å². The molecule has 0 bridgehead atoms. The van der Waals surface area contributed by atoms with E-state index < -0.39 is 0 Å². The molecule has 0 heterocycles. The summed E-state index contributed by atoms with van der Waals surface area (Å²) in [6, 6.07) is 18.0. The van der Waals surface area contributed by atoms with Crippen LogP contribution in [-0.4, -0.2) is 12.1 Å². The van der Waals surface area contributed by atoms with Gasteiger partial charge < -0.3 is 0 Å². The van der Waals surface area contributed by atoms with Crippen LogP contribution >= 0.6 is 0 Å². The summed E-state index contributed by atoms with van der Waals surface area (Å²) in [4.78, 5) is 4.16. The fraction of sp³-hybridized carbons (Fsp3) is 0.111. The maximum Gasteiger partial charge on any atom is 0.151 e. The number of allylic oxidation sites excluding steroid dienone is 1. The van der Waals surface area contributed by atoms with Gasteiger partial charge in [-0.05, 0) is 29.2 Å². The zero-order valence-corrected chi connectivity index (χ0v) is 11.6. The summed E-state index contributed by atoms with van der Waals surface area (Å²) in [7, 11) is 0. The smallest absolute Gasteiger partial charge is 0.151 e. The first-order valence-corrected chi connectivity index (χ1v) is 6.67. The first-order chi connectivity index (χ1) is 9.70. The number of hydrogen-bond donors (Lipinski definition) is 1. The third-order valence-corrected chi connectivity index (χ3v) is 3.07. The molecule has 0 radical (unpaired) electrons. The molecule has 0 saturated heterocycles. The van der Waals surface area contributed by atoms with Crippen molar-refractivity contribution in [3.05, 3.63) is 72.3 Å². The molecule has 0 atom stereocenters. The van der Waals surface area contributed by atoms with E-state index in [4.69, 9.17) is 5.41 Å². The summed E-state index contributed by atoms with van der Waals surface area (Å²) in [5, 5.41) is 8.02. The monoisotopic (exact) mass is 262 g/mol. The number of hydrogen-bond acceptors (Lipinski definition) is 1. The van der Waals surface area contributed by atoms with Crippen LogP contribution in [0, 0.1) is 5.41 Å². The number of aliphatic imine (C=N–C) groups is 1. The molecule has 0 fully saturated rings. The Bertz CT molecular complexity index is 639. The zero-order valence-electron chi connectivity index (χ0n) is 11.6. The number of amidine groups is 1. The molecule has 1 N–H and O–H groups in total. The third kappa shape index (κ3) is 3.51. The van der Waals surface area contributed by atoms with Crippen LogP contribution in [0.2, 0.25) is 0 Å². The molecule has 0 spiro atoms. The zero-order chi connectivity index (χ0) is 14.4. The van der Waals surface area contributed by atoms with Crippen molar-refractivity contribution in [2.45, 2.75) is 13.3 Å². The first kappa shape index (κ1) is 13.9. The summed E-state index contributed by atoms with van der Waals surface area (Å²) >= 11 is 0. The van der Waals surface area contributed by atoms with Crippen LogP contribution in [0.5, 0.6) is 0 Å². The van der Waals surface area contributed by atoms with Crippen LogP contribution in [0.3, 0.4) is 0 Å². The van der Waals surface area contributed by atoms with Crippen molar-refractivity contribution in [2.75, 3.05) is 0 Å². The van der Waals surface area contributed by atoms with Gasteiger partial charge in [0.2, 0.25) is 0 Å². The standard InChI is InChI=1S/C18H18N2/c1-3-14(2)13-20-18(19)17-11-7-10-16(12-17)15-8-5-4-6-9-15/h4-13,19H,2-3H2,1H3. The SMILES string of the molecule is C=C(C=NC(=N)c1cccc(-c2ccccc2)c1)CC. The Morgan fingerprint density at radius 1 is 1.10 bits per heavy atom. The fourth-order valence-corrected chi connectivity index (χ4v) is 1.80. The molecule has 0 aromatic heterocycles. The van der Waals surface area contributed by atoms with E-state index in [2.05, 4.69) is 23.7 Å². The van der Waals surface area contributed by atoms with Crippen LogP contribution in [0.25, 0.3) is 11.1 Å². The Hall–Kier alpha value is -2.48. The minimum atomic E-state index is 0.261. The van der Waals surface area contributed by atoms with Gasteiger partial charge in [0.25, 0.3) is 0 Å². The predicted molar refractivity (Wildman–Crippen MR) is 86.6 cm³/mol. The van der Waals surface area contributed by atoms with Crippen molar-refractivity contribution in [3.63, 3.8) is 0 Å². The van der Waals surface area contributed by atoms with E-state index in [-0.39, 0.29) is 5.84 Å². The summed E-state index contributed by atoms with van der Waals surface area (Å²) in [6.45, 7) is 5.88. The minimum Gasteiger partial charge on any atom is -0.282 e. The predicted octanol–water partition coefficient (Wildman–Crippen LogP) is 4.72. The molecule has 0 saturated carbocycles. The van der Waals surface area contributed by atoms with Crippen molar-refractivity contribution in [1.29, 1.82) is 5.41 Å². The fourth-order valence-electron chi connectivity index (χ4n) is 1.80. The number of nitrogens with zero attached hydrogens (tertiary/aromatic N) is 1. The highest BCUT2D eigenvalue weighted by Gasteiger charge is 2.02. The van der Waals surface area contributed by atoms with Crippen LogP contribution in [0.15, 0.2) is 71.7 Å². The van der Waals surface area contributed by atoms with Crippen LogP contribution in [0.4, 0.5) is 0 Å². The molecular formula is C18H18N2. The topological polar surface area (TPSA) is 36.2 Å². The van der Waals surface area contributed by atoms with Gasteiger partial charge in [-0.1, -0.05) is 62.0 Å². The van der Waals surface area contributed by atoms with E-state index in [0.717, 1.165) is 28.7 Å². The Labute approximate surface area is 120 Å². The van der Waals surface area contributed by atoms with Gasteiger partial charge in [0, 0.05) is 11.8 Å². The Morgan fingerprint density at radius 3 is 2.50 bits per heavy atom. The highest BCUT2D eigenvalue weighted by Crippen LogP contribution is 2.20. The number of rotatable bonds is 4. The molecular weight excluding hydrogens is 244 g/mol. The van der Waals surface area contributed by atoms with E-state index in [1.165, 1.54) is 0 Å². The molecule has 100 valence electrons. The van der Waals surface area contributed by atoms with Gasteiger partial charge in [-0.25, -0.2) is 4.99 Å². The second-order valence-corrected chi connectivity index (χ2v) is 4.57. The Morgan fingerprint density at radius 2 is 1.80 bits per heavy atom. The van der Waals surface area contributed by atoms with Gasteiger partial charge in [0.05, 0.1) is 0 Å². The quantitative estimate of drug-likeness (QED) is 0.611. The van der Waals surface area contributed by atoms with Crippen LogP contribution in [0.1, 0.15) is 18.9 Å². The lowest BCUT2D eigenvalue weighted by Gasteiger charge is -2.04. The largest absolute Gasteiger partial charge is 0.282 e. The summed E-state index contributed by atoms with van der Waals surface area (Å²) in [5.41, 5.74) is 3.97. The maximum absolute atomic E-state index is 8.02. The number of benzene rings is 2. The summed E-state index contributed by atoms with van der Waals surface area (Å²) in [6.07, 6.45) is 2.51. The summed E-state index contributed by atoms with van der Waals surface area (Å²) in [5.74, 6) is 0.261. The van der Waals surface area contributed by atoms with Crippen molar-refractivity contribution in [1.82, 2.24) is 0 Å². The lowest BCUT2D eigenvalue weighted by Crippen LogP contribution is -1.96. The Balaban J connectivity index is 2.24. The van der Waals surface area contributed by atoms with Gasteiger partial charge in [0.1, 0.15) is 0 Å². The molecule has 2 aromatic carbocycles.